The molecule has 1 N–H and O–H groups in total. The molecule has 1 heterocycles. The Bertz CT molecular complexity index is 807. The smallest absolute Gasteiger partial charge is 0.315 e. The monoisotopic (exact) mass is 374 g/mol. The van der Waals surface area contributed by atoms with Crippen LogP contribution in [0.15, 0.2) is 34.7 Å². The Balaban J connectivity index is 2.09. The lowest BCUT2D eigenvalue weighted by Crippen LogP contribution is -2.62. The number of ketones is 2. The van der Waals surface area contributed by atoms with E-state index in [0.29, 0.717) is 24.0 Å². The zero-order valence-corrected chi connectivity index (χ0v) is 16.2. The van der Waals surface area contributed by atoms with Gasteiger partial charge < -0.3 is 14.3 Å². The number of Topliss-reactive ketones (excluding diaryl/α,β-unsaturated/α-hetero) is 1. The summed E-state index contributed by atoms with van der Waals surface area (Å²) in [5.74, 6) is -0.922. The van der Waals surface area contributed by atoms with Crippen molar-refractivity contribution in [1.29, 1.82) is 0 Å². The molecule has 1 aromatic rings. The van der Waals surface area contributed by atoms with Crippen LogP contribution in [0.3, 0.4) is 0 Å². The van der Waals surface area contributed by atoms with Crippen molar-refractivity contribution in [1.82, 2.24) is 0 Å². The number of ether oxygens (including phenoxy) is 1. The van der Waals surface area contributed by atoms with Gasteiger partial charge in [-0.15, -0.1) is 0 Å². The van der Waals surface area contributed by atoms with Gasteiger partial charge in [0, 0.05) is 18.3 Å². The van der Waals surface area contributed by atoms with Crippen molar-refractivity contribution >= 4 is 17.5 Å². The van der Waals surface area contributed by atoms with Crippen molar-refractivity contribution in [3.8, 4) is 0 Å². The van der Waals surface area contributed by atoms with Crippen molar-refractivity contribution in [2.24, 2.45) is 16.7 Å². The Kier molecular flexibility index (Phi) is 4.67. The zero-order valence-electron chi connectivity index (χ0n) is 16.2. The molecule has 2 aliphatic carbocycles. The Morgan fingerprint density at radius 3 is 2.67 bits per heavy atom. The molecule has 2 aliphatic rings. The maximum absolute atomic E-state index is 12.8. The van der Waals surface area contributed by atoms with E-state index in [0.717, 1.165) is 0 Å². The van der Waals surface area contributed by atoms with Gasteiger partial charge in [-0.1, -0.05) is 13.8 Å². The Labute approximate surface area is 158 Å². The van der Waals surface area contributed by atoms with Gasteiger partial charge in [0.2, 0.25) is 0 Å². The molecule has 1 saturated carbocycles. The summed E-state index contributed by atoms with van der Waals surface area (Å²) >= 11 is 0. The van der Waals surface area contributed by atoms with Gasteiger partial charge in [-0.2, -0.15) is 0 Å². The molecule has 0 spiro atoms. The van der Waals surface area contributed by atoms with Gasteiger partial charge in [-0.3, -0.25) is 14.4 Å². The lowest BCUT2D eigenvalue weighted by atomic mass is 9.49. The highest BCUT2D eigenvalue weighted by molar-refractivity contribution is 5.99. The highest BCUT2D eigenvalue weighted by Crippen LogP contribution is 2.60. The number of carbonyl (C=O) groups is 3. The van der Waals surface area contributed by atoms with E-state index < -0.39 is 22.4 Å². The van der Waals surface area contributed by atoms with E-state index in [1.165, 1.54) is 25.7 Å². The SMILES string of the molecule is COC(=O)C1(C)CC(=O)C=C2C(C)(CC(=O)c3ccoc3)C(C)CCC21O. The Morgan fingerprint density at radius 1 is 1.37 bits per heavy atom. The van der Waals surface area contributed by atoms with Gasteiger partial charge in [-0.25, -0.2) is 0 Å². The molecular weight excluding hydrogens is 348 g/mol. The number of carbonyl (C=O) groups excluding carboxylic acids is 3. The normalized spacial score (nSPS) is 36.0. The van der Waals surface area contributed by atoms with E-state index in [1.807, 2.05) is 13.8 Å². The summed E-state index contributed by atoms with van der Waals surface area (Å²) in [6, 6.07) is 1.60. The number of methoxy groups -OCH3 is 1. The van der Waals surface area contributed by atoms with Crippen LogP contribution in [0.4, 0.5) is 0 Å². The van der Waals surface area contributed by atoms with E-state index in [-0.39, 0.29) is 30.3 Å². The Hall–Kier alpha value is -2.21. The molecule has 4 atom stereocenters. The largest absolute Gasteiger partial charge is 0.472 e. The van der Waals surface area contributed by atoms with E-state index in [9.17, 15) is 19.5 Å². The molecule has 0 aromatic carbocycles. The first kappa shape index (κ1) is 19.5. The standard InChI is InChI=1S/C21H26O6/c1-13-5-7-21(25)17(9-15(22)10-20(21,3)18(24)26-4)19(13,2)11-16(23)14-6-8-27-12-14/h6,8-9,12-13,25H,5,7,10-11H2,1-4H3. The number of hydrogen-bond donors (Lipinski definition) is 1. The summed E-state index contributed by atoms with van der Waals surface area (Å²) in [5, 5.41) is 11.7. The van der Waals surface area contributed by atoms with Crippen LogP contribution in [-0.2, 0) is 14.3 Å². The van der Waals surface area contributed by atoms with Crippen LogP contribution in [0.2, 0.25) is 0 Å². The van der Waals surface area contributed by atoms with Gasteiger partial charge in [0.05, 0.1) is 18.9 Å². The van der Waals surface area contributed by atoms with Gasteiger partial charge >= 0.3 is 5.97 Å². The highest BCUT2D eigenvalue weighted by Gasteiger charge is 2.64. The summed E-state index contributed by atoms with van der Waals surface area (Å²) in [5.41, 5.74) is -2.73. The van der Waals surface area contributed by atoms with Crippen LogP contribution in [0.5, 0.6) is 0 Å². The number of rotatable bonds is 4. The van der Waals surface area contributed by atoms with Crippen LogP contribution < -0.4 is 0 Å². The average molecular weight is 374 g/mol. The lowest BCUT2D eigenvalue weighted by molar-refractivity contribution is -0.176. The summed E-state index contributed by atoms with van der Waals surface area (Å²) in [6.07, 6.45) is 5.26. The van der Waals surface area contributed by atoms with Crippen molar-refractivity contribution in [2.75, 3.05) is 7.11 Å². The predicted molar refractivity (Wildman–Crippen MR) is 96.9 cm³/mol. The van der Waals surface area contributed by atoms with E-state index in [4.69, 9.17) is 9.15 Å². The average Bonchev–Trinajstić information content (AvgIpc) is 3.15. The fraction of sp³-hybridized carbons (Fsp3) is 0.571. The molecule has 1 fully saturated rings. The van der Waals surface area contributed by atoms with Crippen molar-refractivity contribution in [3.63, 3.8) is 0 Å². The molecule has 0 bridgehead atoms. The molecule has 6 heteroatoms. The van der Waals surface area contributed by atoms with Gasteiger partial charge in [-0.05, 0) is 43.4 Å². The predicted octanol–water partition coefficient (Wildman–Crippen LogP) is 3.10. The lowest BCUT2D eigenvalue weighted by Gasteiger charge is -2.56. The molecule has 0 saturated heterocycles. The van der Waals surface area contributed by atoms with Crippen LogP contribution in [0, 0.1) is 16.7 Å². The number of hydrogen-bond acceptors (Lipinski definition) is 6. The van der Waals surface area contributed by atoms with Crippen LogP contribution >= 0.6 is 0 Å². The first-order chi connectivity index (χ1) is 12.6. The molecule has 27 heavy (non-hydrogen) atoms. The van der Waals surface area contributed by atoms with Gasteiger partial charge in [0.1, 0.15) is 17.3 Å². The van der Waals surface area contributed by atoms with Gasteiger partial charge in [0.15, 0.2) is 11.6 Å². The minimum absolute atomic E-state index is 0.0488. The molecule has 3 rings (SSSR count). The summed E-state index contributed by atoms with van der Waals surface area (Å²) in [4.78, 5) is 37.9. The minimum Gasteiger partial charge on any atom is -0.472 e. The second-order valence-corrected chi connectivity index (χ2v) is 8.35. The quantitative estimate of drug-likeness (QED) is 0.643. The van der Waals surface area contributed by atoms with Crippen molar-refractivity contribution in [2.45, 2.75) is 52.1 Å². The molecule has 146 valence electrons. The topological polar surface area (TPSA) is 93.8 Å². The molecule has 0 radical (unpaired) electrons. The van der Waals surface area contributed by atoms with E-state index in [1.54, 1.807) is 13.0 Å². The number of fused-ring (bicyclic) bond motifs is 1. The van der Waals surface area contributed by atoms with Crippen molar-refractivity contribution < 1.29 is 28.6 Å². The molecular formula is C21H26O6. The van der Waals surface area contributed by atoms with Crippen LogP contribution in [0.1, 0.15) is 56.8 Å². The van der Waals surface area contributed by atoms with Crippen LogP contribution in [-0.4, -0.2) is 35.4 Å². The fourth-order valence-electron chi connectivity index (χ4n) is 4.78. The minimum atomic E-state index is -1.52. The third-order valence-electron chi connectivity index (χ3n) is 6.84. The molecule has 0 amide bonds. The number of furan rings is 1. The van der Waals surface area contributed by atoms with Crippen molar-refractivity contribution in [3.05, 3.63) is 35.8 Å². The zero-order chi connectivity index (χ0) is 20.0. The molecule has 6 nitrogen and oxygen atoms in total. The summed E-state index contributed by atoms with van der Waals surface area (Å²) in [6.45, 7) is 5.48. The van der Waals surface area contributed by atoms with E-state index >= 15 is 0 Å². The molecule has 4 unspecified atom stereocenters. The fourth-order valence-corrected chi connectivity index (χ4v) is 4.78. The maximum atomic E-state index is 12.8. The second-order valence-electron chi connectivity index (χ2n) is 8.35. The van der Waals surface area contributed by atoms with E-state index in [2.05, 4.69) is 0 Å². The summed E-state index contributed by atoms with van der Waals surface area (Å²) < 4.78 is 9.94. The number of aliphatic hydroxyl groups is 1. The third-order valence-corrected chi connectivity index (χ3v) is 6.84. The summed E-state index contributed by atoms with van der Waals surface area (Å²) in [7, 11) is 1.26. The first-order valence-electron chi connectivity index (χ1n) is 9.20. The maximum Gasteiger partial charge on any atom is 0.315 e. The molecule has 1 aromatic heterocycles. The van der Waals surface area contributed by atoms with Crippen LogP contribution in [0.25, 0.3) is 0 Å². The molecule has 0 aliphatic heterocycles. The van der Waals surface area contributed by atoms with Gasteiger partial charge in [0.25, 0.3) is 0 Å². The number of esters is 1. The first-order valence-corrected chi connectivity index (χ1v) is 9.20. The second kappa shape index (κ2) is 6.44. The number of allylic oxidation sites excluding steroid dienone is 1. The third kappa shape index (κ3) is 2.78. The Morgan fingerprint density at radius 2 is 2.07 bits per heavy atom. The highest BCUT2D eigenvalue weighted by atomic mass is 16.5.